The summed E-state index contributed by atoms with van der Waals surface area (Å²) in [5.74, 6) is -1.87. The van der Waals surface area contributed by atoms with E-state index < -0.39 is 23.0 Å². The van der Waals surface area contributed by atoms with Crippen molar-refractivity contribution in [3.05, 3.63) is 126 Å². The maximum absolute atomic E-state index is 13.5. The number of benzene rings is 4. The first-order valence-electron chi connectivity index (χ1n) is 13.2. The molecule has 218 valence electrons. The number of carboxylic acid groups (broad SMARTS) is 1. The third kappa shape index (κ3) is 8.57. The number of hydrogen-bond donors (Lipinski definition) is 4. The van der Waals surface area contributed by atoms with Crippen molar-refractivity contribution < 1.29 is 29.0 Å². The van der Waals surface area contributed by atoms with Gasteiger partial charge in [-0.05, 0) is 67.6 Å². The minimum Gasteiger partial charge on any atom is -0.496 e. The lowest BCUT2D eigenvalue weighted by atomic mass is 10.1. The second-order valence-corrected chi connectivity index (χ2v) is 10.7. The molecule has 10 heteroatoms. The van der Waals surface area contributed by atoms with Crippen LogP contribution in [0.5, 0.6) is 5.75 Å². The van der Waals surface area contributed by atoms with E-state index in [-0.39, 0.29) is 17.2 Å². The molecule has 3 amide bonds. The first-order chi connectivity index (χ1) is 20.7. The Kier molecular flexibility index (Phi) is 10.3. The normalized spacial score (nSPS) is 11.6. The number of hydrogen-bond acceptors (Lipinski definition) is 6. The van der Waals surface area contributed by atoms with Crippen LogP contribution in [0.1, 0.15) is 33.2 Å². The molecular formula is C33H29N3O6S. The van der Waals surface area contributed by atoms with E-state index in [0.717, 1.165) is 0 Å². The van der Waals surface area contributed by atoms with Gasteiger partial charge in [0.05, 0.1) is 17.9 Å². The smallest absolute Gasteiger partial charge is 0.335 e. The zero-order valence-electron chi connectivity index (χ0n) is 23.4. The summed E-state index contributed by atoms with van der Waals surface area (Å²) in [6.07, 6.45) is 1.54. The molecule has 43 heavy (non-hydrogen) atoms. The molecule has 4 rings (SSSR count). The van der Waals surface area contributed by atoms with Gasteiger partial charge in [0.15, 0.2) is 0 Å². The van der Waals surface area contributed by atoms with E-state index in [4.69, 9.17) is 4.74 Å². The predicted octanol–water partition coefficient (Wildman–Crippen LogP) is 5.92. The molecule has 0 fully saturated rings. The van der Waals surface area contributed by atoms with Crippen molar-refractivity contribution >= 4 is 52.9 Å². The van der Waals surface area contributed by atoms with E-state index in [1.54, 1.807) is 104 Å². The van der Waals surface area contributed by atoms with Crippen LogP contribution in [0.2, 0.25) is 0 Å². The molecule has 4 N–H and O–H groups in total. The number of amides is 3. The summed E-state index contributed by atoms with van der Waals surface area (Å²) in [4.78, 5) is 51.1. The molecule has 4 aromatic rings. The highest BCUT2D eigenvalue weighted by Crippen LogP contribution is 2.27. The molecular weight excluding hydrogens is 566 g/mol. The van der Waals surface area contributed by atoms with Crippen LogP contribution in [0.4, 0.5) is 11.4 Å². The first-order valence-corrected chi connectivity index (χ1v) is 14.0. The Morgan fingerprint density at radius 3 is 2.16 bits per heavy atom. The highest BCUT2D eigenvalue weighted by Gasteiger charge is 2.18. The second kappa shape index (κ2) is 14.5. The van der Waals surface area contributed by atoms with Gasteiger partial charge in [0.1, 0.15) is 11.4 Å². The fourth-order valence-electron chi connectivity index (χ4n) is 3.96. The maximum atomic E-state index is 13.5. The molecule has 0 saturated carbocycles. The van der Waals surface area contributed by atoms with E-state index >= 15 is 0 Å². The van der Waals surface area contributed by atoms with Crippen LogP contribution in [0.15, 0.2) is 114 Å². The second-order valence-electron chi connectivity index (χ2n) is 9.24. The summed E-state index contributed by atoms with van der Waals surface area (Å²) < 4.78 is 5.41. The zero-order chi connectivity index (χ0) is 30.8. The Labute approximate surface area is 253 Å². The molecule has 0 aliphatic carbocycles. The average molecular weight is 596 g/mol. The standard InChI is InChI=1S/C33H29N3O6S/c1-21(30(37)34-25-14-8-13-24(18-25)33(40)41)43-27-16-9-15-26(20-27)35-32(39)28(19-23-12-6-7-17-29(23)42-2)36-31(38)22-10-4-3-5-11-22/h3-21H,1-2H3,(H,34,37)(H,35,39)(H,36,38)(H,40,41)/b28-19+. The first kappa shape index (κ1) is 30.6. The van der Waals surface area contributed by atoms with Crippen LogP contribution in [-0.2, 0) is 9.59 Å². The van der Waals surface area contributed by atoms with Crippen LogP contribution in [0, 0.1) is 0 Å². The van der Waals surface area contributed by atoms with Crippen molar-refractivity contribution in [3.63, 3.8) is 0 Å². The molecule has 1 atom stereocenters. The number of aromatic carboxylic acids is 1. The number of thioether (sulfide) groups is 1. The summed E-state index contributed by atoms with van der Waals surface area (Å²) in [7, 11) is 1.52. The minimum atomic E-state index is -1.09. The summed E-state index contributed by atoms with van der Waals surface area (Å²) in [5.41, 5.74) is 1.90. The number of nitrogens with one attached hydrogen (secondary N) is 3. The quantitative estimate of drug-likeness (QED) is 0.125. The van der Waals surface area contributed by atoms with E-state index in [2.05, 4.69) is 16.0 Å². The van der Waals surface area contributed by atoms with Crippen molar-refractivity contribution in [2.24, 2.45) is 0 Å². The van der Waals surface area contributed by atoms with Crippen molar-refractivity contribution in [2.45, 2.75) is 17.1 Å². The highest BCUT2D eigenvalue weighted by molar-refractivity contribution is 8.00. The predicted molar refractivity (Wildman–Crippen MR) is 167 cm³/mol. The molecule has 0 aliphatic heterocycles. The summed E-state index contributed by atoms with van der Waals surface area (Å²) in [6.45, 7) is 1.72. The molecule has 0 aliphatic rings. The SMILES string of the molecule is COc1ccccc1/C=C(/NC(=O)c1ccccc1)C(=O)Nc1cccc(SC(C)C(=O)Nc2cccc(C(=O)O)c2)c1. The van der Waals surface area contributed by atoms with Crippen LogP contribution in [-0.4, -0.2) is 41.2 Å². The molecule has 0 bridgehead atoms. The van der Waals surface area contributed by atoms with Gasteiger partial charge in [0, 0.05) is 27.4 Å². The minimum absolute atomic E-state index is 0.00717. The third-order valence-electron chi connectivity index (χ3n) is 6.12. The number of carbonyl (C=O) groups is 4. The lowest BCUT2D eigenvalue weighted by Gasteiger charge is -2.14. The number of rotatable bonds is 11. The number of carboxylic acids is 1. The van der Waals surface area contributed by atoms with Crippen molar-refractivity contribution in [3.8, 4) is 5.75 Å². The number of methoxy groups -OCH3 is 1. The fraction of sp³-hybridized carbons (Fsp3) is 0.0909. The van der Waals surface area contributed by atoms with Gasteiger partial charge in [-0.3, -0.25) is 14.4 Å². The lowest BCUT2D eigenvalue weighted by molar-refractivity contribution is -0.115. The summed E-state index contributed by atoms with van der Waals surface area (Å²) >= 11 is 1.27. The van der Waals surface area contributed by atoms with Crippen LogP contribution < -0.4 is 20.7 Å². The maximum Gasteiger partial charge on any atom is 0.335 e. The largest absolute Gasteiger partial charge is 0.496 e. The number of ether oxygens (including phenoxy) is 1. The monoisotopic (exact) mass is 595 g/mol. The molecule has 9 nitrogen and oxygen atoms in total. The van der Waals surface area contributed by atoms with Crippen LogP contribution >= 0.6 is 11.8 Å². The molecule has 0 aromatic heterocycles. The molecule has 0 spiro atoms. The van der Waals surface area contributed by atoms with E-state index in [1.807, 2.05) is 0 Å². The molecule has 1 unspecified atom stereocenters. The Morgan fingerprint density at radius 2 is 1.44 bits per heavy atom. The van der Waals surface area contributed by atoms with Gasteiger partial charge >= 0.3 is 5.97 Å². The van der Waals surface area contributed by atoms with Crippen LogP contribution in [0.25, 0.3) is 6.08 Å². The van der Waals surface area contributed by atoms with Gasteiger partial charge in [-0.1, -0.05) is 48.5 Å². The van der Waals surface area contributed by atoms with Gasteiger partial charge in [0.25, 0.3) is 11.8 Å². The summed E-state index contributed by atoms with van der Waals surface area (Å²) in [5, 5.41) is 16.9. The summed E-state index contributed by atoms with van der Waals surface area (Å²) in [6, 6.07) is 28.6. The van der Waals surface area contributed by atoms with Crippen molar-refractivity contribution in [1.29, 1.82) is 0 Å². The van der Waals surface area contributed by atoms with E-state index in [0.29, 0.717) is 33.1 Å². The number of carbonyl (C=O) groups excluding carboxylic acids is 3. The molecule has 0 heterocycles. The van der Waals surface area contributed by atoms with E-state index in [9.17, 15) is 24.3 Å². The number of anilines is 2. The molecule has 0 radical (unpaired) electrons. The van der Waals surface area contributed by atoms with Crippen molar-refractivity contribution in [2.75, 3.05) is 17.7 Å². The van der Waals surface area contributed by atoms with Crippen LogP contribution in [0.3, 0.4) is 0 Å². The van der Waals surface area contributed by atoms with Gasteiger partial charge in [-0.15, -0.1) is 11.8 Å². The third-order valence-corrected chi connectivity index (χ3v) is 7.21. The average Bonchev–Trinajstić information content (AvgIpc) is 3.01. The van der Waals surface area contributed by atoms with Gasteiger partial charge < -0.3 is 25.8 Å². The molecule has 4 aromatic carbocycles. The highest BCUT2D eigenvalue weighted by atomic mass is 32.2. The Morgan fingerprint density at radius 1 is 0.791 bits per heavy atom. The number of para-hydroxylation sites is 1. The Bertz CT molecular complexity index is 1670. The van der Waals surface area contributed by atoms with Gasteiger partial charge in [-0.2, -0.15) is 0 Å². The van der Waals surface area contributed by atoms with Gasteiger partial charge in [-0.25, -0.2) is 4.79 Å². The van der Waals surface area contributed by atoms with E-state index in [1.165, 1.54) is 31.0 Å². The fourth-order valence-corrected chi connectivity index (χ4v) is 4.89. The molecule has 0 saturated heterocycles. The zero-order valence-corrected chi connectivity index (χ0v) is 24.2. The topological polar surface area (TPSA) is 134 Å². The Balaban J connectivity index is 1.49. The lowest BCUT2D eigenvalue weighted by Crippen LogP contribution is -2.30. The van der Waals surface area contributed by atoms with Crippen molar-refractivity contribution in [1.82, 2.24) is 5.32 Å². The van der Waals surface area contributed by atoms with Gasteiger partial charge in [0.2, 0.25) is 5.91 Å². The Hall–Kier alpha value is -5.35.